The quantitative estimate of drug-likeness (QED) is 0.940. The lowest BCUT2D eigenvalue weighted by atomic mass is 10.1. The van der Waals surface area contributed by atoms with Crippen molar-refractivity contribution in [1.29, 1.82) is 0 Å². The van der Waals surface area contributed by atoms with Crippen molar-refractivity contribution in [3.05, 3.63) is 34.5 Å². The number of nitrogens with zero attached hydrogens (tertiary/aromatic N) is 1. The Bertz CT molecular complexity index is 687. The van der Waals surface area contributed by atoms with E-state index in [1.54, 1.807) is 11.0 Å². The summed E-state index contributed by atoms with van der Waals surface area (Å²) in [4.78, 5) is 16.2. The van der Waals surface area contributed by atoms with Gasteiger partial charge in [-0.3, -0.25) is 4.79 Å². The summed E-state index contributed by atoms with van der Waals surface area (Å²) in [5.41, 5.74) is 1.49. The fourth-order valence-electron chi connectivity index (χ4n) is 3.19. The minimum Gasteiger partial charge on any atom is -0.449 e. The van der Waals surface area contributed by atoms with Crippen molar-refractivity contribution >= 4 is 28.5 Å². The molecule has 0 spiro atoms. The van der Waals surface area contributed by atoms with E-state index in [1.807, 2.05) is 24.0 Å². The maximum Gasteiger partial charge on any atom is 0.290 e. The summed E-state index contributed by atoms with van der Waals surface area (Å²) in [5.74, 6) is 0.419. The Kier molecular flexibility index (Phi) is 4.41. The molecule has 2 heterocycles. The third-order valence-corrected chi connectivity index (χ3v) is 4.77. The molecule has 1 amide bonds. The van der Waals surface area contributed by atoms with Crippen LogP contribution in [-0.4, -0.2) is 43.5 Å². The zero-order valence-electron chi connectivity index (χ0n) is 13.1. The molecular weight excluding hydrogens is 300 g/mol. The van der Waals surface area contributed by atoms with E-state index in [4.69, 9.17) is 16.0 Å². The molecule has 22 heavy (non-hydrogen) atoms. The Morgan fingerprint density at radius 1 is 1.36 bits per heavy atom. The van der Waals surface area contributed by atoms with E-state index in [0.717, 1.165) is 37.1 Å². The standard InChI is InChI=1S/C17H21ClN2O2/c1-3-7-19-8-10-20(11-9-19)17(21)15-12(2)13-5-4-6-14(18)16(13)22-15/h4-6H,3,7-11H2,1-2H3/p+1. The minimum atomic E-state index is -0.0136. The number of fused-ring (bicyclic) bond motifs is 1. The van der Waals surface area contributed by atoms with Crippen LogP contribution >= 0.6 is 11.6 Å². The number of furan rings is 1. The molecule has 0 aliphatic carbocycles. The van der Waals surface area contributed by atoms with Gasteiger partial charge < -0.3 is 14.2 Å². The van der Waals surface area contributed by atoms with Gasteiger partial charge in [0, 0.05) is 10.9 Å². The Balaban J connectivity index is 1.81. The van der Waals surface area contributed by atoms with Crippen LogP contribution < -0.4 is 4.90 Å². The molecule has 0 atom stereocenters. The molecule has 1 aliphatic heterocycles. The highest BCUT2D eigenvalue weighted by molar-refractivity contribution is 6.35. The van der Waals surface area contributed by atoms with E-state index in [-0.39, 0.29) is 5.91 Å². The fourth-order valence-corrected chi connectivity index (χ4v) is 3.40. The first-order chi connectivity index (χ1) is 10.6. The van der Waals surface area contributed by atoms with Crippen molar-refractivity contribution in [2.75, 3.05) is 32.7 Å². The van der Waals surface area contributed by atoms with Crippen LogP contribution in [0.2, 0.25) is 5.02 Å². The number of quaternary nitrogens is 1. The molecule has 4 nitrogen and oxygen atoms in total. The number of piperazine rings is 1. The van der Waals surface area contributed by atoms with E-state index in [9.17, 15) is 4.79 Å². The molecule has 1 aliphatic rings. The van der Waals surface area contributed by atoms with Crippen LogP contribution in [0.15, 0.2) is 22.6 Å². The minimum absolute atomic E-state index is 0.0136. The molecule has 1 aromatic carbocycles. The van der Waals surface area contributed by atoms with Crippen molar-refractivity contribution in [1.82, 2.24) is 4.90 Å². The number of amides is 1. The van der Waals surface area contributed by atoms with Crippen LogP contribution in [0.1, 0.15) is 29.5 Å². The first-order valence-corrected chi connectivity index (χ1v) is 8.30. The van der Waals surface area contributed by atoms with Crippen molar-refractivity contribution < 1.29 is 14.1 Å². The van der Waals surface area contributed by atoms with Crippen molar-refractivity contribution in [3.63, 3.8) is 0 Å². The Hall–Kier alpha value is -1.52. The lowest BCUT2D eigenvalue weighted by molar-refractivity contribution is -0.904. The molecule has 0 saturated carbocycles. The first kappa shape index (κ1) is 15.4. The molecule has 1 saturated heterocycles. The topological polar surface area (TPSA) is 37.9 Å². The third-order valence-electron chi connectivity index (χ3n) is 4.47. The first-order valence-electron chi connectivity index (χ1n) is 7.92. The summed E-state index contributed by atoms with van der Waals surface area (Å²) in [5, 5.41) is 1.47. The monoisotopic (exact) mass is 321 g/mol. The van der Waals surface area contributed by atoms with Gasteiger partial charge in [0.1, 0.15) is 0 Å². The van der Waals surface area contributed by atoms with Gasteiger partial charge in [0.25, 0.3) is 5.91 Å². The SMILES string of the molecule is CCC[NH+]1CCN(C(=O)c2oc3c(Cl)cccc3c2C)CC1. The van der Waals surface area contributed by atoms with Gasteiger partial charge in [-0.05, 0) is 19.4 Å². The van der Waals surface area contributed by atoms with E-state index in [1.165, 1.54) is 13.0 Å². The molecular formula is C17H22ClN2O2+. The second-order valence-corrected chi connectivity index (χ2v) is 6.37. The average molecular weight is 322 g/mol. The predicted molar refractivity (Wildman–Crippen MR) is 87.7 cm³/mol. The molecule has 5 heteroatoms. The lowest BCUT2D eigenvalue weighted by Gasteiger charge is -2.31. The number of carbonyl (C=O) groups excluding carboxylic acids is 1. The van der Waals surface area contributed by atoms with Crippen LogP contribution in [0.4, 0.5) is 0 Å². The Morgan fingerprint density at radius 2 is 2.09 bits per heavy atom. The number of para-hydroxylation sites is 1. The van der Waals surface area contributed by atoms with E-state index in [2.05, 4.69) is 6.92 Å². The van der Waals surface area contributed by atoms with Crippen molar-refractivity contribution in [2.45, 2.75) is 20.3 Å². The predicted octanol–water partition coefficient (Wildman–Crippen LogP) is 2.15. The number of carbonyl (C=O) groups is 1. The largest absolute Gasteiger partial charge is 0.449 e. The Morgan fingerprint density at radius 3 is 2.73 bits per heavy atom. The number of benzene rings is 1. The fraction of sp³-hybridized carbons (Fsp3) is 0.471. The van der Waals surface area contributed by atoms with Gasteiger partial charge in [-0.2, -0.15) is 0 Å². The number of aryl methyl sites for hydroxylation is 1. The number of hydrogen-bond donors (Lipinski definition) is 1. The van der Waals surface area contributed by atoms with Gasteiger partial charge in [-0.25, -0.2) is 0 Å². The van der Waals surface area contributed by atoms with Crippen LogP contribution in [0.3, 0.4) is 0 Å². The second kappa shape index (κ2) is 6.31. The van der Waals surface area contributed by atoms with Crippen LogP contribution in [0, 0.1) is 6.92 Å². The lowest BCUT2D eigenvalue weighted by Crippen LogP contribution is -3.14. The van der Waals surface area contributed by atoms with Gasteiger partial charge in [0.15, 0.2) is 11.3 Å². The number of nitrogens with one attached hydrogen (secondary N) is 1. The van der Waals surface area contributed by atoms with Gasteiger partial charge in [-0.15, -0.1) is 0 Å². The number of rotatable bonds is 3. The maximum absolute atomic E-state index is 12.7. The zero-order chi connectivity index (χ0) is 15.7. The zero-order valence-corrected chi connectivity index (χ0v) is 13.9. The number of halogens is 1. The normalized spacial score (nSPS) is 16.4. The molecule has 1 N–H and O–H groups in total. The third kappa shape index (κ3) is 2.73. The van der Waals surface area contributed by atoms with Crippen molar-refractivity contribution in [3.8, 4) is 0 Å². The molecule has 0 bridgehead atoms. The Labute approximate surface area is 135 Å². The molecule has 1 aromatic heterocycles. The highest BCUT2D eigenvalue weighted by atomic mass is 35.5. The van der Waals surface area contributed by atoms with Gasteiger partial charge in [0.2, 0.25) is 0 Å². The van der Waals surface area contributed by atoms with E-state index >= 15 is 0 Å². The molecule has 0 radical (unpaired) electrons. The summed E-state index contributed by atoms with van der Waals surface area (Å²) >= 11 is 6.16. The maximum atomic E-state index is 12.7. The van der Waals surface area contributed by atoms with Gasteiger partial charge >= 0.3 is 0 Å². The summed E-state index contributed by atoms with van der Waals surface area (Å²) in [6.07, 6.45) is 1.18. The molecule has 118 valence electrons. The second-order valence-electron chi connectivity index (χ2n) is 5.96. The summed E-state index contributed by atoms with van der Waals surface area (Å²) in [7, 11) is 0. The summed E-state index contributed by atoms with van der Waals surface area (Å²) in [6.45, 7) is 8.91. The molecule has 1 fully saturated rings. The van der Waals surface area contributed by atoms with Crippen LogP contribution in [0.5, 0.6) is 0 Å². The smallest absolute Gasteiger partial charge is 0.290 e. The van der Waals surface area contributed by atoms with E-state index < -0.39 is 0 Å². The van der Waals surface area contributed by atoms with Crippen LogP contribution in [0.25, 0.3) is 11.0 Å². The highest BCUT2D eigenvalue weighted by Gasteiger charge is 2.28. The van der Waals surface area contributed by atoms with Crippen LogP contribution in [-0.2, 0) is 0 Å². The average Bonchev–Trinajstić information content (AvgIpc) is 2.87. The summed E-state index contributed by atoms with van der Waals surface area (Å²) in [6, 6.07) is 5.61. The van der Waals surface area contributed by atoms with Gasteiger partial charge in [-0.1, -0.05) is 30.7 Å². The van der Waals surface area contributed by atoms with Gasteiger partial charge in [0.05, 0.1) is 37.7 Å². The molecule has 3 rings (SSSR count). The van der Waals surface area contributed by atoms with Crippen molar-refractivity contribution in [2.24, 2.45) is 0 Å². The van der Waals surface area contributed by atoms with E-state index in [0.29, 0.717) is 16.4 Å². The molecule has 2 aromatic rings. The molecule has 0 unspecified atom stereocenters. The summed E-state index contributed by atoms with van der Waals surface area (Å²) < 4.78 is 5.79. The number of hydrogen-bond acceptors (Lipinski definition) is 2. The highest BCUT2D eigenvalue weighted by Crippen LogP contribution is 2.31.